The molecule has 1 fully saturated rings. The topological polar surface area (TPSA) is 108 Å². The lowest BCUT2D eigenvalue weighted by molar-refractivity contribution is -0.148. The number of amides is 3. The fourth-order valence-electron chi connectivity index (χ4n) is 2.28. The van der Waals surface area contributed by atoms with Crippen molar-refractivity contribution in [3.8, 4) is 0 Å². The predicted molar refractivity (Wildman–Crippen MR) is 68.6 cm³/mol. The number of aliphatic carboxylic acids is 1. The van der Waals surface area contributed by atoms with Crippen LogP contribution in [-0.4, -0.2) is 42.1 Å². The third-order valence-corrected chi connectivity index (χ3v) is 3.54. The van der Waals surface area contributed by atoms with E-state index in [4.69, 9.17) is 0 Å². The standard InChI is InChI=1S/C12H21N3O4/c1-8(16)13-6-7-14-11(19)15-9-4-3-5-12(9,2)10(17)18/h9H,3-7H2,1-2H3,(H,13,16)(H,17,18)(H2,14,15,19). The molecule has 0 heterocycles. The number of carbonyl (C=O) groups is 3. The van der Waals surface area contributed by atoms with E-state index < -0.39 is 17.4 Å². The van der Waals surface area contributed by atoms with Crippen LogP contribution in [0.2, 0.25) is 0 Å². The fourth-order valence-corrected chi connectivity index (χ4v) is 2.28. The van der Waals surface area contributed by atoms with E-state index >= 15 is 0 Å². The summed E-state index contributed by atoms with van der Waals surface area (Å²) < 4.78 is 0. The molecule has 0 bridgehead atoms. The normalized spacial score (nSPS) is 25.7. The molecule has 7 heteroatoms. The van der Waals surface area contributed by atoms with Crippen LogP contribution >= 0.6 is 0 Å². The maximum atomic E-state index is 11.6. The first-order valence-corrected chi connectivity index (χ1v) is 6.38. The SMILES string of the molecule is CC(=O)NCCNC(=O)NC1CCCC1(C)C(=O)O. The van der Waals surface area contributed by atoms with Crippen molar-refractivity contribution in [3.05, 3.63) is 0 Å². The maximum absolute atomic E-state index is 11.6. The van der Waals surface area contributed by atoms with E-state index in [1.54, 1.807) is 6.92 Å². The third kappa shape index (κ3) is 4.11. The van der Waals surface area contributed by atoms with Crippen molar-refractivity contribution in [2.24, 2.45) is 5.41 Å². The van der Waals surface area contributed by atoms with Crippen molar-refractivity contribution in [2.45, 2.75) is 39.2 Å². The van der Waals surface area contributed by atoms with Gasteiger partial charge in [-0.1, -0.05) is 6.42 Å². The number of carbonyl (C=O) groups excluding carboxylic acids is 2. The summed E-state index contributed by atoms with van der Waals surface area (Å²) in [6.45, 7) is 3.72. The van der Waals surface area contributed by atoms with Crippen LogP contribution < -0.4 is 16.0 Å². The predicted octanol–water partition coefficient (Wildman–Crippen LogP) is 0.0651. The van der Waals surface area contributed by atoms with Crippen molar-refractivity contribution in [3.63, 3.8) is 0 Å². The Morgan fingerprint density at radius 3 is 2.47 bits per heavy atom. The molecule has 2 atom stereocenters. The summed E-state index contributed by atoms with van der Waals surface area (Å²) in [6, 6.07) is -0.754. The zero-order valence-corrected chi connectivity index (χ0v) is 11.3. The van der Waals surface area contributed by atoms with E-state index in [9.17, 15) is 19.5 Å². The lowest BCUT2D eigenvalue weighted by Gasteiger charge is -2.27. The smallest absolute Gasteiger partial charge is 0.315 e. The molecule has 4 N–H and O–H groups in total. The van der Waals surface area contributed by atoms with Crippen LogP contribution in [0, 0.1) is 5.41 Å². The van der Waals surface area contributed by atoms with Crippen molar-refractivity contribution in [1.29, 1.82) is 0 Å². The summed E-state index contributed by atoms with van der Waals surface area (Å²) in [5, 5.41) is 17.0. The first-order chi connectivity index (χ1) is 8.86. The van der Waals surface area contributed by atoms with Gasteiger partial charge in [-0.25, -0.2) is 4.79 Å². The van der Waals surface area contributed by atoms with Crippen molar-refractivity contribution in [1.82, 2.24) is 16.0 Å². The van der Waals surface area contributed by atoms with Gasteiger partial charge in [0, 0.05) is 26.1 Å². The Hall–Kier alpha value is -1.79. The van der Waals surface area contributed by atoms with Crippen LogP contribution in [-0.2, 0) is 9.59 Å². The molecule has 0 aromatic carbocycles. The molecular weight excluding hydrogens is 250 g/mol. The average Bonchev–Trinajstić information content (AvgIpc) is 2.68. The highest BCUT2D eigenvalue weighted by Gasteiger charge is 2.45. The Bertz CT molecular complexity index is 372. The molecule has 7 nitrogen and oxygen atoms in total. The minimum Gasteiger partial charge on any atom is -0.481 e. The van der Waals surface area contributed by atoms with Gasteiger partial charge in [0.1, 0.15) is 0 Å². The van der Waals surface area contributed by atoms with Crippen LogP contribution in [0.1, 0.15) is 33.1 Å². The average molecular weight is 271 g/mol. The summed E-state index contributed by atoms with van der Waals surface area (Å²) in [4.78, 5) is 33.5. The van der Waals surface area contributed by atoms with Gasteiger partial charge in [0.2, 0.25) is 5.91 Å². The zero-order valence-electron chi connectivity index (χ0n) is 11.3. The molecule has 19 heavy (non-hydrogen) atoms. The van der Waals surface area contributed by atoms with E-state index in [0.717, 1.165) is 6.42 Å². The van der Waals surface area contributed by atoms with E-state index in [1.807, 2.05) is 0 Å². The number of carboxylic acid groups (broad SMARTS) is 1. The molecule has 0 radical (unpaired) electrons. The van der Waals surface area contributed by atoms with Crippen molar-refractivity contribution >= 4 is 17.9 Å². The highest BCUT2D eigenvalue weighted by Crippen LogP contribution is 2.38. The van der Waals surface area contributed by atoms with Crippen molar-refractivity contribution < 1.29 is 19.5 Å². The highest BCUT2D eigenvalue weighted by molar-refractivity contribution is 5.79. The minimum atomic E-state index is -0.894. The molecule has 0 saturated heterocycles. The van der Waals surface area contributed by atoms with Crippen LogP contribution in [0.25, 0.3) is 0 Å². The molecule has 0 aromatic heterocycles. The second-order valence-electron chi connectivity index (χ2n) is 5.05. The van der Waals surface area contributed by atoms with E-state index in [2.05, 4.69) is 16.0 Å². The Labute approximate surface area is 112 Å². The van der Waals surface area contributed by atoms with E-state index in [-0.39, 0.29) is 11.9 Å². The summed E-state index contributed by atoms with van der Waals surface area (Å²) in [5.74, 6) is -1.04. The number of urea groups is 1. The van der Waals surface area contributed by atoms with Crippen LogP contribution in [0.3, 0.4) is 0 Å². The molecule has 0 aromatic rings. The number of hydrogen-bond donors (Lipinski definition) is 4. The van der Waals surface area contributed by atoms with Gasteiger partial charge in [-0.05, 0) is 19.8 Å². The first-order valence-electron chi connectivity index (χ1n) is 6.38. The highest BCUT2D eigenvalue weighted by atomic mass is 16.4. The zero-order chi connectivity index (χ0) is 14.5. The van der Waals surface area contributed by atoms with Crippen LogP contribution in [0.15, 0.2) is 0 Å². The van der Waals surface area contributed by atoms with E-state index in [1.165, 1.54) is 6.92 Å². The van der Waals surface area contributed by atoms with Crippen LogP contribution in [0.5, 0.6) is 0 Å². The third-order valence-electron chi connectivity index (χ3n) is 3.54. The van der Waals surface area contributed by atoms with Gasteiger partial charge in [0.05, 0.1) is 5.41 Å². The molecule has 2 unspecified atom stereocenters. The largest absolute Gasteiger partial charge is 0.481 e. The van der Waals surface area contributed by atoms with E-state index in [0.29, 0.717) is 25.9 Å². The van der Waals surface area contributed by atoms with Crippen LogP contribution in [0.4, 0.5) is 4.79 Å². The first kappa shape index (κ1) is 15.3. The summed E-state index contributed by atoms with van der Waals surface area (Å²) in [7, 11) is 0. The lowest BCUT2D eigenvalue weighted by atomic mass is 9.85. The summed E-state index contributed by atoms with van der Waals surface area (Å²) in [6.07, 6.45) is 2.03. The van der Waals surface area contributed by atoms with Gasteiger partial charge in [-0.3, -0.25) is 9.59 Å². The molecule has 108 valence electrons. The number of hydrogen-bond acceptors (Lipinski definition) is 3. The number of carboxylic acids is 1. The maximum Gasteiger partial charge on any atom is 0.315 e. The number of nitrogens with one attached hydrogen (secondary N) is 3. The molecule has 1 aliphatic rings. The molecule has 0 spiro atoms. The molecular formula is C12H21N3O4. The molecule has 1 rings (SSSR count). The van der Waals surface area contributed by atoms with Gasteiger partial charge in [0.15, 0.2) is 0 Å². The monoisotopic (exact) mass is 271 g/mol. The Kier molecular flexibility index (Phi) is 5.14. The Morgan fingerprint density at radius 2 is 1.89 bits per heavy atom. The minimum absolute atomic E-state index is 0.156. The molecule has 1 saturated carbocycles. The summed E-state index contributed by atoms with van der Waals surface area (Å²) in [5.41, 5.74) is -0.894. The second kappa shape index (κ2) is 6.40. The van der Waals surface area contributed by atoms with Gasteiger partial charge in [-0.2, -0.15) is 0 Å². The van der Waals surface area contributed by atoms with Crippen molar-refractivity contribution in [2.75, 3.05) is 13.1 Å². The molecule has 3 amide bonds. The fraction of sp³-hybridized carbons (Fsp3) is 0.750. The quantitative estimate of drug-likeness (QED) is 0.530. The molecule has 0 aliphatic heterocycles. The van der Waals surface area contributed by atoms with Gasteiger partial charge < -0.3 is 21.1 Å². The second-order valence-corrected chi connectivity index (χ2v) is 5.05. The Balaban J connectivity index is 2.36. The molecule has 1 aliphatic carbocycles. The van der Waals surface area contributed by atoms with Gasteiger partial charge in [0.25, 0.3) is 0 Å². The summed E-state index contributed by atoms with van der Waals surface area (Å²) >= 11 is 0. The Morgan fingerprint density at radius 1 is 1.26 bits per heavy atom. The van der Waals surface area contributed by atoms with Gasteiger partial charge in [-0.15, -0.1) is 0 Å². The number of rotatable bonds is 5. The van der Waals surface area contributed by atoms with Gasteiger partial charge >= 0.3 is 12.0 Å². The lowest BCUT2D eigenvalue weighted by Crippen LogP contribution is -2.51.